The number of para-hydroxylation sites is 1. The maximum Gasteiger partial charge on any atom is 0.374 e. The number of aliphatic hydroxyl groups excluding tert-OH is 1. The van der Waals surface area contributed by atoms with Crippen LogP contribution in [0.3, 0.4) is 0 Å². The standard InChI is InChI=1S/C28H33N3O8/c1-5-15(2)24-28(37)38-17(4)22(31-25(34)19-10-6-7-11-21(19)32)26(35)30-20(13-18-9-8-12-29-14-18)23(33)16(3)27(36)39-24/h6-12,14,16-17,20,22-23,32-33H,5,13H2,1-4H3,(H,30,35)(H,31,34)/b24-15+/t16-,17-,20+,22+,23+/m1/s1. The Kier molecular flexibility index (Phi) is 9.78. The fourth-order valence-corrected chi connectivity index (χ4v) is 4.02. The summed E-state index contributed by atoms with van der Waals surface area (Å²) >= 11 is 0. The lowest BCUT2D eigenvalue weighted by Gasteiger charge is -2.32. The number of carbonyl (C=O) groups excluding carboxylic acids is 4. The molecule has 2 aromatic rings. The first-order chi connectivity index (χ1) is 18.5. The number of phenolic OH excluding ortho intramolecular Hbond substituents is 1. The summed E-state index contributed by atoms with van der Waals surface area (Å²) in [5.41, 5.74) is 1.00. The van der Waals surface area contributed by atoms with Crippen LogP contribution in [0.5, 0.6) is 5.75 Å². The van der Waals surface area contributed by atoms with Crippen molar-refractivity contribution in [3.63, 3.8) is 0 Å². The molecule has 4 N–H and O–H groups in total. The van der Waals surface area contributed by atoms with Gasteiger partial charge < -0.3 is 30.3 Å². The van der Waals surface area contributed by atoms with E-state index in [0.29, 0.717) is 17.6 Å². The van der Waals surface area contributed by atoms with E-state index in [0.717, 1.165) is 0 Å². The molecule has 11 nitrogen and oxygen atoms in total. The summed E-state index contributed by atoms with van der Waals surface area (Å²) in [5, 5.41) is 26.5. The number of nitrogens with one attached hydrogen (secondary N) is 2. The Balaban J connectivity index is 2.03. The Morgan fingerprint density at radius 2 is 1.85 bits per heavy atom. The molecule has 1 aromatic heterocycles. The summed E-state index contributed by atoms with van der Waals surface area (Å²) < 4.78 is 10.9. The Hall–Kier alpha value is -4.25. The van der Waals surface area contributed by atoms with Gasteiger partial charge in [-0.1, -0.05) is 25.1 Å². The van der Waals surface area contributed by atoms with E-state index in [2.05, 4.69) is 15.6 Å². The third kappa shape index (κ3) is 7.20. The van der Waals surface area contributed by atoms with Crippen molar-refractivity contribution < 1.29 is 38.9 Å². The lowest BCUT2D eigenvalue weighted by atomic mass is 9.92. The van der Waals surface area contributed by atoms with Gasteiger partial charge in [-0.15, -0.1) is 0 Å². The topological polar surface area (TPSA) is 164 Å². The average molecular weight is 540 g/mol. The second kappa shape index (κ2) is 13.0. The minimum Gasteiger partial charge on any atom is -0.507 e. The molecule has 39 heavy (non-hydrogen) atoms. The second-order valence-electron chi connectivity index (χ2n) is 9.42. The van der Waals surface area contributed by atoms with Crippen LogP contribution >= 0.6 is 0 Å². The molecule has 2 heterocycles. The molecule has 0 saturated carbocycles. The van der Waals surface area contributed by atoms with Crippen molar-refractivity contribution in [2.24, 2.45) is 5.92 Å². The summed E-state index contributed by atoms with van der Waals surface area (Å²) in [6.45, 7) is 6.17. The van der Waals surface area contributed by atoms with E-state index in [4.69, 9.17) is 9.47 Å². The molecule has 3 rings (SSSR count). The van der Waals surface area contributed by atoms with Crippen molar-refractivity contribution in [1.82, 2.24) is 15.6 Å². The van der Waals surface area contributed by atoms with Gasteiger partial charge >= 0.3 is 11.9 Å². The lowest BCUT2D eigenvalue weighted by molar-refractivity contribution is -0.161. The molecule has 0 bridgehead atoms. The molecule has 11 heteroatoms. The van der Waals surface area contributed by atoms with Crippen LogP contribution in [0.15, 0.2) is 60.1 Å². The van der Waals surface area contributed by atoms with Crippen LogP contribution < -0.4 is 10.6 Å². The van der Waals surface area contributed by atoms with Crippen LogP contribution in [0.25, 0.3) is 0 Å². The Morgan fingerprint density at radius 1 is 1.13 bits per heavy atom. The number of esters is 2. The first-order valence-corrected chi connectivity index (χ1v) is 12.6. The molecular formula is C28H33N3O8. The molecule has 0 spiro atoms. The summed E-state index contributed by atoms with van der Waals surface area (Å²) in [6, 6.07) is 6.77. The number of amides is 2. The van der Waals surface area contributed by atoms with Gasteiger partial charge in [0.2, 0.25) is 11.7 Å². The van der Waals surface area contributed by atoms with Crippen molar-refractivity contribution in [1.29, 1.82) is 0 Å². The minimum atomic E-state index is -1.43. The number of cyclic esters (lactones) is 2. The zero-order chi connectivity index (χ0) is 28.7. The van der Waals surface area contributed by atoms with E-state index in [-0.39, 0.29) is 23.5 Å². The predicted octanol–water partition coefficient (Wildman–Crippen LogP) is 1.78. The van der Waals surface area contributed by atoms with Gasteiger partial charge in [0.05, 0.1) is 23.6 Å². The number of hydrogen-bond acceptors (Lipinski definition) is 9. The van der Waals surface area contributed by atoms with Gasteiger partial charge in [0, 0.05) is 12.4 Å². The maximum absolute atomic E-state index is 13.6. The molecule has 0 aliphatic carbocycles. The number of nitrogens with zero attached hydrogens (tertiary/aromatic N) is 1. The van der Waals surface area contributed by atoms with Crippen LogP contribution in [-0.2, 0) is 30.3 Å². The number of benzene rings is 1. The zero-order valence-corrected chi connectivity index (χ0v) is 22.2. The van der Waals surface area contributed by atoms with Gasteiger partial charge in [-0.2, -0.15) is 0 Å². The zero-order valence-electron chi connectivity index (χ0n) is 22.2. The summed E-state index contributed by atoms with van der Waals surface area (Å²) in [6.07, 6.45) is 0.933. The van der Waals surface area contributed by atoms with Crippen molar-refractivity contribution in [2.75, 3.05) is 0 Å². The van der Waals surface area contributed by atoms with E-state index < -0.39 is 54.0 Å². The molecule has 1 aromatic carbocycles. The normalized spacial score (nSPS) is 25.8. The third-order valence-electron chi connectivity index (χ3n) is 6.59. The third-order valence-corrected chi connectivity index (χ3v) is 6.59. The Labute approximate surface area is 226 Å². The van der Waals surface area contributed by atoms with E-state index in [1.54, 1.807) is 44.4 Å². The van der Waals surface area contributed by atoms with Crippen molar-refractivity contribution in [3.8, 4) is 5.75 Å². The molecule has 5 atom stereocenters. The van der Waals surface area contributed by atoms with Gasteiger partial charge in [-0.25, -0.2) is 4.79 Å². The van der Waals surface area contributed by atoms with Gasteiger partial charge in [-0.3, -0.25) is 19.4 Å². The highest BCUT2D eigenvalue weighted by Gasteiger charge is 2.39. The van der Waals surface area contributed by atoms with E-state index in [1.165, 1.54) is 32.0 Å². The van der Waals surface area contributed by atoms with Crippen LogP contribution in [0, 0.1) is 5.92 Å². The average Bonchev–Trinajstić information content (AvgIpc) is 2.92. The monoisotopic (exact) mass is 539 g/mol. The number of carbonyl (C=O) groups is 4. The number of ether oxygens (including phenoxy) is 2. The molecule has 2 amide bonds. The molecular weight excluding hydrogens is 506 g/mol. The van der Waals surface area contributed by atoms with Crippen LogP contribution in [-0.4, -0.2) is 63.2 Å². The number of phenols is 1. The number of aromatic hydroxyl groups is 1. The first kappa shape index (κ1) is 29.3. The number of rotatable bonds is 5. The van der Waals surface area contributed by atoms with Gasteiger partial charge in [0.25, 0.3) is 5.91 Å². The fourth-order valence-electron chi connectivity index (χ4n) is 4.02. The number of pyridine rings is 1. The molecule has 0 unspecified atom stereocenters. The smallest absolute Gasteiger partial charge is 0.374 e. The second-order valence-corrected chi connectivity index (χ2v) is 9.42. The molecule has 208 valence electrons. The van der Waals surface area contributed by atoms with E-state index in [1.807, 2.05) is 0 Å². The van der Waals surface area contributed by atoms with Crippen molar-refractivity contribution in [2.45, 2.75) is 64.8 Å². The quantitative estimate of drug-likeness (QED) is 0.327. The summed E-state index contributed by atoms with van der Waals surface area (Å²) in [4.78, 5) is 56.6. The van der Waals surface area contributed by atoms with E-state index >= 15 is 0 Å². The van der Waals surface area contributed by atoms with Crippen LogP contribution in [0.1, 0.15) is 50.0 Å². The molecule has 0 radical (unpaired) electrons. The highest BCUT2D eigenvalue weighted by Crippen LogP contribution is 2.22. The number of aromatic nitrogens is 1. The molecule has 1 aliphatic rings. The number of hydrogen-bond donors (Lipinski definition) is 4. The van der Waals surface area contributed by atoms with Crippen LogP contribution in [0.2, 0.25) is 0 Å². The summed E-state index contributed by atoms with van der Waals surface area (Å²) in [7, 11) is 0. The largest absolute Gasteiger partial charge is 0.507 e. The maximum atomic E-state index is 13.6. The molecule has 1 saturated heterocycles. The van der Waals surface area contributed by atoms with Crippen molar-refractivity contribution >= 4 is 23.8 Å². The minimum absolute atomic E-state index is 0.0909. The van der Waals surface area contributed by atoms with E-state index in [9.17, 15) is 29.4 Å². The first-order valence-electron chi connectivity index (χ1n) is 12.6. The SMILES string of the molecule is CC/C(C)=C1/OC(=O)[C@H](C)[C@H](O)[C@H](Cc2cccnc2)NC(=O)[C@@H](NC(=O)c2ccccc2O)[C@@H](C)OC1=O. The van der Waals surface area contributed by atoms with Crippen LogP contribution in [0.4, 0.5) is 0 Å². The predicted molar refractivity (Wildman–Crippen MR) is 139 cm³/mol. The summed E-state index contributed by atoms with van der Waals surface area (Å²) in [5.74, 6) is -5.22. The Bertz CT molecular complexity index is 1250. The molecule has 1 fully saturated rings. The van der Waals surface area contributed by atoms with Gasteiger partial charge in [0.15, 0.2) is 0 Å². The number of aliphatic hydroxyl groups is 1. The van der Waals surface area contributed by atoms with Gasteiger partial charge in [-0.05, 0) is 62.9 Å². The highest BCUT2D eigenvalue weighted by atomic mass is 16.6. The number of allylic oxidation sites excluding steroid dienone is 1. The fraction of sp³-hybridized carbons (Fsp3) is 0.393. The van der Waals surface area contributed by atoms with Gasteiger partial charge in [0.1, 0.15) is 17.9 Å². The lowest BCUT2D eigenvalue weighted by Crippen LogP contribution is -2.59. The highest BCUT2D eigenvalue weighted by molar-refractivity contribution is 6.00. The Morgan fingerprint density at radius 3 is 2.49 bits per heavy atom. The molecule has 1 aliphatic heterocycles. The van der Waals surface area contributed by atoms with Crippen molar-refractivity contribution in [3.05, 3.63) is 71.3 Å².